The van der Waals surface area contributed by atoms with Gasteiger partial charge in [-0.25, -0.2) is 0 Å². The van der Waals surface area contributed by atoms with Crippen LogP contribution in [0, 0.1) is 0 Å². The summed E-state index contributed by atoms with van der Waals surface area (Å²) in [6, 6.07) is 0. The predicted molar refractivity (Wildman–Crippen MR) is 62.1 cm³/mol. The predicted octanol–water partition coefficient (Wildman–Crippen LogP) is 2.26. The second kappa shape index (κ2) is 6.43. The molecule has 0 aliphatic carbocycles. The Labute approximate surface area is 96.6 Å². The molecule has 1 rings (SSSR count). The molecule has 0 amide bonds. The molecule has 1 aromatic heterocycles. The number of rotatable bonds is 7. The molecular weight excluding hydrogens is 204 g/mol. The number of nitrogens with zero attached hydrogens (tertiary/aromatic N) is 2. The van der Waals surface area contributed by atoms with Gasteiger partial charge in [-0.1, -0.05) is 13.8 Å². The number of carbonyl (C=O) groups is 1. The lowest BCUT2D eigenvalue weighted by Gasteiger charge is -2.14. The van der Waals surface area contributed by atoms with Crippen LogP contribution >= 0.6 is 0 Å². The highest BCUT2D eigenvalue weighted by atomic mass is 16.5. The average Bonchev–Trinajstić information content (AvgIpc) is 2.66. The van der Waals surface area contributed by atoms with E-state index in [-0.39, 0.29) is 5.78 Å². The molecule has 90 valence electrons. The largest absolute Gasteiger partial charge is 0.366 e. The Hall–Kier alpha value is -1.16. The summed E-state index contributed by atoms with van der Waals surface area (Å²) in [5, 5.41) is 4.07. The Balaban J connectivity index is 2.74. The fourth-order valence-electron chi connectivity index (χ4n) is 1.56. The lowest BCUT2D eigenvalue weighted by Crippen LogP contribution is -2.16. The Kier molecular flexibility index (Phi) is 5.19. The standard InChI is InChI=1S/C12H20N2O2/c1-4-6-11(15)12(16-7-5-2)10-8-13-14(3)9-10/h8-9,12H,4-7H2,1-3H3. The zero-order chi connectivity index (χ0) is 12.0. The summed E-state index contributed by atoms with van der Waals surface area (Å²) in [6.45, 7) is 4.64. The molecule has 0 aliphatic rings. The molecule has 0 N–H and O–H groups in total. The third kappa shape index (κ3) is 3.45. The van der Waals surface area contributed by atoms with Crippen LogP contribution in [0.1, 0.15) is 44.8 Å². The first-order chi connectivity index (χ1) is 7.69. The highest BCUT2D eigenvalue weighted by Crippen LogP contribution is 2.20. The van der Waals surface area contributed by atoms with Crippen molar-refractivity contribution in [1.29, 1.82) is 0 Å². The van der Waals surface area contributed by atoms with E-state index in [4.69, 9.17) is 4.74 Å². The fraction of sp³-hybridized carbons (Fsp3) is 0.667. The number of aromatic nitrogens is 2. The summed E-state index contributed by atoms with van der Waals surface area (Å²) >= 11 is 0. The van der Waals surface area contributed by atoms with Gasteiger partial charge in [-0.15, -0.1) is 0 Å². The maximum absolute atomic E-state index is 11.9. The average molecular weight is 224 g/mol. The van der Waals surface area contributed by atoms with Gasteiger partial charge < -0.3 is 4.74 Å². The van der Waals surface area contributed by atoms with Gasteiger partial charge in [-0.3, -0.25) is 9.48 Å². The SMILES string of the molecule is CCCOC(C(=O)CCC)c1cnn(C)c1. The van der Waals surface area contributed by atoms with Crippen molar-refractivity contribution in [2.75, 3.05) is 6.61 Å². The van der Waals surface area contributed by atoms with Crippen LogP contribution in [0.3, 0.4) is 0 Å². The number of ether oxygens (including phenoxy) is 1. The molecule has 1 unspecified atom stereocenters. The first-order valence-electron chi connectivity index (χ1n) is 5.81. The monoisotopic (exact) mass is 224 g/mol. The molecule has 0 saturated heterocycles. The lowest BCUT2D eigenvalue weighted by atomic mass is 10.1. The summed E-state index contributed by atoms with van der Waals surface area (Å²) in [6.07, 6.45) is 5.43. The molecule has 0 bridgehead atoms. The molecule has 1 heterocycles. The molecule has 0 fully saturated rings. The summed E-state index contributed by atoms with van der Waals surface area (Å²) in [7, 11) is 1.84. The second-order valence-corrected chi connectivity index (χ2v) is 3.91. The van der Waals surface area contributed by atoms with Crippen LogP contribution in [0.4, 0.5) is 0 Å². The van der Waals surface area contributed by atoms with E-state index < -0.39 is 6.10 Å². The molecule has 1 atom stereocenters. The van der Waals surface area contributed by atoms with Gasteiger partial charge in [-0.2, -0.15) is 5.10 Å². The molecule has 4 nitrogen and oxygen atoms in total. The Morgan fingerprint density at radius 2 is 2.25 bits per heavy atom. The van der Waals surface area contributed by atoms with Gasteiger partial charge in [0.05, 0.1) is 6.20 Å². The molecule has 1 aromatic rings. The summed E-state index contributed by atoms with van der Waals surface area (Å²) in [5.41, 5.74) is 0.856. The highest BCUT2D eigenvalue weighted by molar-refractivity contribution is 5.84. The van der Waals surface area contributed by atoms with Crippen LogP contribution < -0.4 is 0 Å². The van der Waals surface area contributed by atoms with E-state index in [9.17, 15) is 4.79 Å². The molecular formula is C12H20N2O2. The van der Waals surface area contributed by atoms with Crippen LogP contribution in [-0.2, 0) is 16.6 Å². The Morgan fingerprint density at radius 1 is 1.50 bits per heavy atom. The van der Waals surface area contributed by atoms with Crippen molar-refractivity contribution in [2.24, 2.45) is 7.05 Å². The van der Waals surface area contributed by atoms with Crippen LogP contribution in [0.2, 0.25) is 0 Å². The Bertz CT molecular complexity index is 334. The molecule has 0 spiro atoms. The van der Waals surface area contributed by atoms with Gasteiger partial charge in [0, 0.05) is 31.8 Å². The third-order valence-electron chi connectivity index (χ3n) is 2.31. The van der Waals surface area contributed by atoms with Crippen LogP contribution in [0.5, 0.6) is 0 Å². The number of Topliss-reactive ketones (excluding diaryl/α,β-unsaturated/α-hetero) is 1. The van der Waals surface area contributed by atoms with Gasteiger partial charge in [0.2, 0.25) is 0 Å². The lowest BCUT2D eigenvalue weighted by molar-refractivity contribution is -0.131. The van der Waals surface area contributed by atoms with Crippen LogP contribution in [0.25, 0.3) is 0 Å². The minimum atomic E-state index is -0.436. The van der Waals surface area contributed by atoms with E-state index in [1.54, 1.807) is 10.9 Å². The molecule has 4 heteroatoms. The van der Waals surface area contributed by atoms with Crippen LogP contribution in [0.15, 0.2) is 12.4 Å². The smallest absolute Gasteiger partial charge is 0.166 e. The van der Waals surface area contributed by atoms with Crippen molar-refractivity contribution in [1.82, 2.24) is 9.78 Å². The molecule has 0 aliphatic heterocycles. The van der Waals surface area contributed by atoms with E-state index in [0.717, 1.165) is 18.4 Å². The normalized spacial score (nSPS) is 12.7. The summed E-state index contributed by atoms with van der Waals surface area (Å²) in [4.78, 5) is 11.9. The minimum absolute atomic E-state index is 0.143. The summed E-state index contributed by atoms with van der Waals surface area (Å²) in [5.74, 6) is 0.143. The molecule has 0 aromatic carbocycles. The van der Waals surface area contributed by atoms with Gasteiger partial charge >= 0.3 is 0 Å². The number of aryl methyl sites for hydroxylation is 1. The molecule has 16 heavy (non-hydrogen) atoms. The zero-order valence-corrected chi connectivity index (χ0v) is 10.3. The third-order valence-corrected chi connectivity index (χ3v) is 2.31. The Morgan fingerprint density at radius 3 is 2.75 bits per heavy atom. The van der Waals surface area contributed by atoms with E-state index in [1.165, 1.54) is 0 Å². The number of carbonyl (C=O) groups excluding carboxylic acids is 1. The second-order valence-electron chi connectivity index (χ2n) is 3.91. The van der Waals surface area contributed by atoms with Crippen molar-refractivity contribution in [3.05, 3.63) is 18.0 Å². The van der Waals surface area contributed by atoms with Gasteiger partial charge in [-0.05, 0) is 12.8 Å². The number of hydrogen-bond donors (Lipinski definition) is 0. The topological polar surface area (TPSA) is 44.1 Å². The zero-order valence-electron chi connectivity index (χ0n) is 10.3. The quantitative estimate of drug-likeness (QED) is 0.713. The van der Waals surface area contributed by atoms with Gasteiger partial charge in [0.1, 0.15) is 6.10 Å². The first-order valence-corrected chi connectivity index (χ1v) is 5.81. The van der Waals surface area contributed by atoms with Gasteiger partial charge in [0.25, 0.3) is 0 Å². The molecule has 0 saturated carbocycles. The van der Waals surface area contributed by atoms with Crippen molar-refractivity contribution in [3.8, 4) is 0 Å². The maximum Gasteiger partial charge on any atom is 0.166 e. The number of ketones is 1. The summed E-state index contributed by atoms with van der Waals surface area (Å²) < 4.78 is 7.29. The van der Waals surface area contributed by atoms with E-state index in [0.29, 0.717) is 13.0 Å². The fourth-order valence-corrected chi connectivity index (χ4v) is 1.56. The van der Waals surface area contributed by atoms with Crippen molar-refractivity contribution >= 4 is 5.78 Å². The molecule has 0 radical (unpaired) electrons. The highest BCUT2D eigenvalue weighted by Gasteiger charge is 2.21. The van der Waals surface area contributed by atoms with E-state index in [1.807, 2.05) is 27.1 Å². The van der Waals surface area contributed by atoms with Crippen LogP contribution in [-0.4, -0.2) is 22.2 Å². The van der Waals surface area contributed by atoms with E-state index in [2.05, 4.69) is 5.10 Å². The van der Waals surface area contributed by atoms with E-state index >= 15 is 0 Å². The maximum atomic E-state index is 11.9. The first kappa shape index (κ1) is 12.9. The minimum Gasteiger partial charge on any atom is -0.366 e. The van der Waals surface area contributed by atoms with Crippen molar-refractivity contribution in [3.63, 3.8) is 0 Å². The van der Waals surface area contributed by atoms with Gasteiger partial charge in [0.15, 0.2) is 5.78 Å². The van der Waals surface area contributed by atoms with Crippen molar-refractivity contribution < 1.29 is 9.53 Å². The number of hydrogen-bond acceptors (Lipinski definition) is 3. The van der Waals surface area contributed by atoms with Crippen molar-refractivity contribution in [2.45, 2.75) is 39.2 Å².